The molecule has 31 heavy (non-hydrogen) atoms. The maximum atomic E-state index is 12.8. The van der Waals surface area contributed by atoms with Crippen molar-refractivity contribution in [2.75, 3.05) is 19.7 Å². The van der Waals surface area contributed by atoms with Crippen molar-refractivity contribution in [3.8, 4) is 5.75 Å². The molecule has 2 aromatic carbocycles. The van der Waals surface area contributed by atoms with E-state index in [-0.39, 0.29) is 6.61 Å². The highest BCUT2D eigenvalue weighted by molar-refractivity contribution is 5.71. The summed E-state index contributed by atoms with van der Waals surface area (Å²) in [6, 6.07) is 11.6. The van der Waals surface area contributed by atoms with Crippen molar-refractivity contribution in [1.29, 1.82) is 0 Å². The molecule has 0 unspecified atom stereocenters. The Labute approximate surface area is 175 Å². The molecule has 0 spiro atoms. The van der Waals surface area contributed by atoms with Crippen molar-refractivity contribution in [3.05, 3.63) is 70.8 Å². The maximum Gasteiger partial charge on any atom is 0.416 e. The van der Waals surface area contributed by atoms with Gasteiger partial charge in [0.1, 0.15) is 5.75 Å². The number of rotatable bonds is 8. The first kappa shape index (κ1) is 22.9. The van der Waals surface area contributed by atoms with Gasteiger partial charge in [-0.25, -0.2) is 0 Å². The van der Waals surface area contributed by atoms with Crippen molar-refractivity contribution in [3.63, 3.8) is 0 Å². The van der Waals surface area contributed by atoms with E-state index >= 15 is 0 Å². The Morgan fingerprint density at radius 1 is 1.03 bits per heavy atom. The van der Waals surface area contributed by atoms with E-state index in [1.807, 2.05) is 4.90 Å². The third-order valence-corrected chi connectivity index (χ3v) is 5.00. The van der Waals surface area contributed by atoms with Crippen LogP contribution in [0.5, 0.6) is 5.75 Å². The number of halogens is 5. The van der Waals surface area contributed by atoms with Crippen molar-refractivity contribution in [2.45, 2.75) is 25.8 Å². The number of ether oxygens (including phenoxy) is 2. The van der Waals surface area contributed by atoms with Crippen LogP contribution in [-0.2, 0) is 22.3 Å². The molecule has 3 rings (SSSR count). The lowest BCUT2D eigenvalue weighted by Gasteiger charge is -2.31. The minimum atomic E-state index is -4.39. The molecule has 0 saturated heterocycles. The Morgan fingerprint density at radius 2 is 1.71 bits per heavy atom. The number of alkyl halides is 5. The van der Waals surface area contributed by atoms with Gasteiger partial charge in [-0.05, 0) is 53.0 Å². The normalized spacial score (nSPS) is 15.4. The van der Waals surface area contributed by atoms with Gasteiger partial charge in [0.2, 0.25) is 0 Å². The van der Waals surface area contributed by atoms with E-state index in [4.69, 9.17) is 4.74 Å². The highest BCUT2D eigenvalue weighted by atomic mass is 19.4. The second-order valence-corrected chi connectivity index (χ2v) is 7.05. The van der Waals surface area contributed by atoms with Crippen molar-refractivity contribution in [2.24, 2.45) is 0 Å². The molecule has 1 aliphatic rings. The summed E-state index contributed by atoms with van der Waals surface area (Å²) >= 11 is 0. The Kier molecular flexibility index (Phi) is 7.40. The van der Waals surface area contributed by atoms with Crippen LogP contribution in [0, 0.1) is 0 Å². The summed E-state index contributed by atoms with van der Waals surface area (Å²) in [6.07, 6.45) is -3.91. The van der Waals surface area contributed by atoms with Crippen LogP contribution < -0.4 is 4.74 Å². The average molecular weight is 441 g/mol. The summed E-state index contributed by atoms with van der Waals surface area (Å²) in [5, 5.41) is 0. The van der Waals surface area contributed by atoms with Crippen LogP contribution in [0.15, 0.2) is 54.1 Å². The molecule has 0 aromatic heterocycles. The van der Waals surface area contributed by atoms with Crippen LogP contribution in [0.2, 0.25) is 0 Å². The van der Waals surface area contributed by atoms with Crippen LogP contribution in [0.3, 0.4) is 0 Å². The maximum absolute atomic E-state index is 12.8. The predicted molar refractivity (Wildman–Crippen MR) is 103 cm³/mol. The summed E-state index contributed by atoms with van der Waals surface area (Å²) in [5.74, 6) is 0.349. The van der Waals surface area contributed by atoms with E-state index in [0.717, 1.165) is 34.4 Å². The summed E-state index contributed by atoms with van der Waals surface area (Å²) < 4.78 is 72.7. The molecule has 0 aliphatic carbocycles. The van der Waals surface area contributed by atoms with Gasteiger partial charge in [0.25, 0.3) is 6.47 Å². The van der Waals surface area contributed by atoms with Crippen LogP contribution >= 0.6 is 0 Å². The third kappa shape index (κ3) is 6.35. The average Bonchev–Trinajstić information content (AvgIpc) is 2.73. The zero-order valence-electron chi connectivity index (χ0n) is 16.4. The Balaban J connectivity index is 1.78. The first-order valence-electron chi connectivity index (χ1n) is 9.46. The van der Waals surface area contributed by atoms with E-state index in [2.05, 4.69) is 4.74 Å². The van der Waals surface area contributed by atoms with Gasteiger partial charge < -0.3 is 9.47 Å². The molecule has 4 nitrogen and oxygen atoms in total. The molecule has 0 bridgehead atoms. The molecule has 0 amide bonds. The highest BCUT2D eigenvalue weighted by Gasteiger charge is 2.30. The molecule has 0 saturated carbocycles. The SMILES string of the molecule is O=COc1ccc(C2=C(COC(F)F)CCN(Cc3ccc(C(F)(F)F)cc3)C2)cc1. The Hall–Kier alpha value is -2.78. The van der Waals surface area contributed by atoms with Gasteiger partial charge in [0.05, 0.1) is 12.2 Å². The zero-order valence-corrected chi connectivity index (χ0v) is 16.4. The topological polar surface area (TPSA) is 38.8 Å². The number of hydrogen-bond donors (Lipinski definition) is 0. The summed E-state index contributed by atoms with van der Waals surface area (Å²) in [6.45, 7) is -1.41. The minimum Gasteiger partial charge on any atom is -0.429 e. The Morgan fingerprint density at radius 3 is 2.29 bits per heavy atom. The summed E-state index contributed by atoms with van der Waals surface area (Å²) in [4.78, 5) is 12.5. The number of benzene rings is 2. The molecule has 0 radical (unpaired) electrons. The van der Waals surface area contributed by atoms with E-state index in [1.165, 1.54) is 12.1 Å². The first-order chi connectivity index (χ1) is 14.8. The van der Waals surface area contributed by atoms with Crippen LogP contribution in [-0.4, -0.2) is 37.7 Å². The van der Waals surface area contributed by atoms with E-state index < -0.39 is 18.4 Å². The second-order valence-electron chi connectivity index (χ2n) is 7.05. The van der Waals surface area contributed by atoms with Gasteiger partial charge in [0, 0.05) is 19.6 Å². The zero-order chi connectivity index (χ0) is 22.4. The van der Waals surface area contributed by atoms with Gasteiger partial charge in [-0.1, -0.05) is 24.3 Å². The van der Waals surface area contributed by atoms with Crippen molar-refractivity contribution >= 4 is 12.0 Å². The second kappa shape index (κ2) is 10.0. The molecule has 1 aliphatic heterocycles. The molecular weight excluding hydrogens is 421 g/mol. The molecule has 0 N–H and O–H groups in total. The fourth-order valence-electron chi connectivity index (χ4n) is 3.46. The van der Waals surface area contributed by atoms with Crippen LogP contribution in [0.25, 0.3) is 5.57 Å². The van der Waals surface area contributed by atoms with Gasteiger partial charge >= 0.3 is 12.8 Å². The lowest BCUT2D eigenvalue weighted by Crippen LogP contribution is -2.32. The van der Waals surface area contributed by atoms with E-state index in [1.54, 1.807) is 24.3 Å². The van der Waals surface area contributed by atoms with E-state index in [9.17, 15) is 26.7 Å². The lowest BCUT2D eigenvalue weighted by atomic mass is 9.94. The predicted octanol–water partition coefficient (Wildman–Crippen LogP) is 5.14. The summed E-state index contributed by atoms with van der Waals surface area (Å²) in [7, 11) is 0. The van der Waals surface area contributed by atoms with Crippen LogP contribution in [0.4, 0.5) is 22.0 Å². The number of hydrogen-bond acceptors (Lipinski definition) is 4. The third-order valence-electron chi connectivity index (χ3n) is 5.00. The standard InChI is InChI=1S/C22H20F5NO3/c23-21(24)30-13-17-9-10-28(11-15-1-5-18(6-2-15)22(25,26)27)12-20(17)16-3-7-19(8-4-16)31-14-29/h1-8,14,21H,9-13H2. The molecule has 166 valence electrons. The molecule has 9 heteroatoms. The lowest BCUT2D eigenvalue weighted by molar-refractivity contribution is -0.137. The summed E-state index contributed by atoms with van der Waals surface area (Å²) in [5.41, 5.74) is 2.31. The fourth-order valence-corrected chi connectivity index (χ4v) is 3.46. The molecule has 1 heterocycles. The molecular formula is C22H20F5NO3. The van der Waals surface area contributed by atoms with E-state index in [0.29, 0.717) is 38.3 Å². The quantitative estimate of drug-likeness (QED) is 0.420. The number of carbonyl (C=O) groups excluding carboxylic acids is 1. The monoisotopic (exact) mass is 441 g/mol. The van der Waals surface area contributed by atoms with Gasteiger partial charge in [-0.15, -0.1) is 0 Å². The Bertz CT molecular complexity index is 908. The van der Waals surface area contributed by atoms with Gasteiger partial charge in [0.15, 0.2) is 0 Å². The molecule has 0 atom stereocenters. The largest absolute Gasteiger partial charge is 0.429 e. The van der Waals surface area contributed by atoms with Gasteiger partial charge in [-0.3, -0.25) is 9.69 Å². The minimum absolute atomic E-state index is 0.215. The first-order valence-corrected chi connectivity index (χ1v) is 9.46. The van der Waals surface area contributed by atoms with Crippen molar-refractivity contribution in [1.82, 2.24) is 4.90 Å². The molecule has 0 fully saturated rings. The van der Waals surface area contributed by atoms with Crippen molar-refractivity contribution < 1.29 is 36.2 Å². The molecule has 2 aromatic rings. The van der Waals surface area contributed by atoms with Gasteiger partial charge in [-0.2, -0.15) is 22.0 Å². The number of carbonyl (C=O) groups is 1. The number of nitrogens with zero attached hydrogens (tertiary/aromatic N) is 1. The highest BCUT2D eigenvalue weighted by Crippen LogP contribution is 2.31. The smallest absolute Gasteiger partial charge is 0.416 e. The van der Waals surface area contributed by atoms with Crippen LogP contribution in [0.1, 0.15) is 23.1 Å². The fraction of sp³-hybridized carbons (Fsp3) is 0.318.